The Hall–Kier alpha value is -1.70. The number of nitrogens with one attached hydrogen (secondary N) is 2. The molecule has 0 spiro atoms. The van der Waals surface area contributed by atoms with E-state index < -0.39 is 5.91 Å². The van der Waals surface area contributed by atoms with E-state index in [9.17, 15) is 9.59 Å². The second kappa shape index (κ2) is 6.17. The lowest BCUT2D eigenvalue weighted by Crippen LogP contribution is -2.18. The summed E-state index contributed by atoms with van der Waals surface area (Å²) in [4.78, 5) is 23.4. The topological polar surface area (TPSA) is 84.0 Å². The molecular formula is C11H8Cl2N4O2S. The number of carbonyl (C=O) groups excluding carboxylic acids is 2. The molecule has 104 valence electrons. The maximum atomic E-state index is 11.9. The number of halogens is 2. The number of aromatic nitrogens is 2. The highest BCUT2D eigenvalue weighted by Gasteiger charge is 2.15. The van der Waals surface area contributed by atoms with E-state index in [0.29, 0.717) is 16.3 Å². The lowest BCUT2D eigenvalue weighted by Gasteiger charge is -2.07. The second-order valence-electron chi connectivity index (χ2n) is 3.59. The minimum Gasteiger partial charge on any atom is -0.355 e. The lowest BCUT2D eigenvalue weighted by molar-refractivity contribution is 0.0961. The van der Waals surface area contributed by atoms with Gasteiger partial charge in [-0.3, -0.25) is 9.59 Å². The SMILES string of the molecule is CNC(=O)c1ccc(Cl)c(NC(=O)c2nnc(Cl)s2)c1. The summed E-state index contributed by atoms with van der Waals surface area (Å²) in [5.74, 6) is -0.776. The normalized spacial score (nSPS) is 10.2. The van der Waals surface area contributed by atoms with Crippen LogP contribution in [0.3, 0.4) is 0 Å². The van der Waals surface area contributed by atoms with E-state index in [2.05, 4.69) is 20.8 Å². The van der Waals surface area contributed by atoms with Crippen LogP contribution in [0.2, 0.25) is 9.49 Å². The van der Waals surface area contributed by atoms with Crippen LogP contribution in [-0.4, -0.2) is 29.1 Å². The Morgan fingerprint density at radius 2 is 1.95 bits per heavy atom. The summed E-state index contributed by atoms with van der Waals surface area (Å²) in [6.45, 7) is 0. The van der Waals surface area contributed by atoms with E-state index in [-0.39, 0.29) is 15.4 Å². The second-order valence-corrected chi connectivity index (χ2v) is 5.55. The number of hydrogen-bond donors (Lipinski definition) is 2. The fraction of sp³-hybridized carbons (Fsp3) is 0.0909. The summed E-state index contributed by atoms with van der Waals surface area (Å²) in [6.07, 6.45) is 0. The van der Waals surface area contributed by atoms with Crippen molar-refractivity contribution >= 4 is 52.0 Å². The van der Waals surface area contributed by atoms with Crippen molar-refractivity contribution in [2.75, 3.05) is 12.4 Å². The fourth-order valence-corrected chi connectivity index (χ4v) is 2.27. The molecule has 0 saturated heterocycles. The van der Waals surface area contributed by atoms with E-state index in [1.165, 1.54) is 19.2 Å². The van der Waals surface area contributed by atoms with E-state index in [1.54, 1.807) is 6.07 Å². The highest BCUT2D eigenvalue weighted by atomic mass is 35.5. The van der Waals surface area contributed by atoms with Crippen LogP contribution in [0.1, 0.15) is 20.2 Å². The maximum absolute atomic E-state index is 11.9. The van der Waals surface area contributed by atoms with Crippen molar-refractivity contribution in [3.05, 3.63) is 38.3 Å². The lowest BCUT2D eigenvalue weighted by atomic mass is 10.2. The Kier molecular flexibility index (Phi) is 4.53. The number of nitrogens with zero attached hydrogens (tertiary/aromatic N) is 2. The van der Waals surface area contributed by atoms with Crippen LogP contribution in [0.5, 0.6) is 0 Å². The summed E-state index contributed by atoms with van der Waals surface area (Å²) >= 11 is 12.5. The van der Waals surface area contributed by atoms with Gasteiger partial charge in [-0.15, -0.1) is 10.2 Å². The molecule has 0 aliphatic heterocycles. The van der Waals surface area contributed by atoms with Gasteiger partial charge in [-0.1, -0.05) is 22.9 Å². The minimum atomic E-state index is -0.495. The maximum Gasteiger partial charge on any atom is 0.286 e. The molecule has 20 heavy (non-hydrogen) atoms. The third-order valence-corrected chi connectivity index (χ3v) is 3.65. The fourth-order valence-electron chi connectivity index (χ4n) is 1.38. The average Bonchev–Trinajstić information content (AvgIpc) is 2.87. The van der Waals surface area contributed by atoms with Crippen LogP contribution in [-0.2, 0) is 0 Å². The molecule has 0 bridgehead atoms. The van der Waals surface area contributed by atoms with Gasteiger partial charge >= 0.3 is 0 Å². The number of benzene rings is 1. The molecule has 0 fully saturated rings. The Morgan fingerprint density at radius 1 is 1.20 bits per heavy atom. The number of hydrogen-bond acceptors (Lipinski definition) is 5. The van der Waals surface area contributed by atoms with Gasteiger partial charge in [-0.05, 0) is 29.8 Å². The van der Waals surface area contributed by atoms with E-state index in [0.717, 1.165) is 11.3 Å². The molecule has 0 radical (unpaired) electrons. The van der Waals surface area contributed by atoms with Gasteiger partial charge in [-0.25, -0.2) is 0 Å². The van der Waals surface area contributed by atoms with E-state index in [4.69, 9.17) is 23.2 Å². The molecule has 1 aromatic carbocycles. The zero-order valence-electron chi connectivity index (χ0n) is 10.1. The molecule has 0 aliphatic carbocycles. The zero-order valence-corrected chi connectivity index (χ0v) is 12.4. The molecule has 0 unspecified atom stereocenters. The van der Waals surface area contributed by atoms with Gasteiger partial charge < -0.3 is 10.6 Å². The summed E-state index contributed by atoms with van der Waals surface area (Å²) in [6, 6.07) is 4.55. The van der Waals surface area contributed by atoms with Gasteiger partial charge in [0.1, 0.15) is 0 Å². The van der Waals surface area contributed by atoms with E-state index in [1.807, 2.05) is 0 Å². The van der Waals surface area contributed by atoms with Crippen molar-refractivity contribution in [1.29, 1.82) is 0 Å². The van der Waals surface area contributed by atoms with Crippen molar-refractivity contribution in [1.82, 2.24) is 15.5 Å². The van der Waals surface area contributed by atoms with Crippen molar-refractivity contribution in [2.24, 2.45) is 0 Å². The first-order valence-corrected chi connectivity index (χ1v) is 6.90. The summed E-state index contributed by atoms with van der Waals surface area (Å²) in [7, 11) is 1.51. The molecule has 0 saturated carbocycles. The summed E-state index contributed by atoms with van der Waals surface area (Å²) < 4.78 is 0.167. The third kappa shape index (κ3) is 3.24. The van der Waals surface area contributed by atoms with Gasteiger partial charge in [-0.2, -0.15) is 0 Å². The summed E-state index contributed by atoms with van der Waals surface area (Å²) in [5, 5.41) is 12.6. The molecule has 2 aromatic rings. The van der Waals surface area contributed by atoms with Crippen molar-refractivity contribution in [3.8, 4) is 0 Å². The monoisotopic (exact) mass is 330 g/mol. The van der Waals surface area contributed by atoms with Crippen LogP contribution >= 0.6 is 34.5 Å². The molecule has 9 heteroatoms. The van der Waals surface area contributed by atoms with Crippen LogP contribution in [0.25, 0.3) is 0 Å². The van der Waals surface area contributed by atoms with Gasteiger partial charge in [0.2, 0.25) is 9.47 Å². The van der Waals surface area contributed by atoms with Crippen molar-refractivity contribution in [2.45, 2.75) is 0 Å². The predicted molar refractivity (Wildman–Crippen MR) is 77.7 cm³/mol. The van der Waals surface area contributed by atoms with Crippen molar-refractivity contribution < 1.29 is 9.59 Å². The summed E-state index contributed by atoms with van der Waals surface area (Å²) in [5.41, 5.74) is 0.687. The van der Waals surface area contributed by atoms with E-state index >= 15 is 0 Å². The van der Waals surface area contributed by atoms with Crippen LogP contribution in [0.15, 0.2) is 18.2 Å². The smallest absolute Gasteiger partial charge is 0.286 e. The molecule has 0 atom stereocenters. The molecule has 1 aromatic heterocycles. The number of carbonyl (C=O) groups is 2. The van der Waals surface area contributed by atoms with Crippen LogP contribution in [0.4, 0.5) is 5.69 Å². The number of rotatable bonds is 3. The zero-order chi connectivity index (χ0) is 14.7. The third-order valence-electron chi connectivity index (χ3n) is 2.30. The number of anilines is 1. The largest absolute Gasteiger partial charge is 0.355 e. The minimum absolute atomic E-state index is 0.108. The average molecular weight is 331 g/mol. The number of amides is 2. The van der Waals surface area contributed by atoms with Crippen LogP contribution < -0.4 is 10.6 Å². The Labute approximate surface area is 128 Å². The Bertz CT molecular complexity index is 674. The molecule has 2 N–H and O–H groups in total. The first kappa shape index (κ1) is 14.7. The highest BCUT2D eigenvalue weighted by Crippen LogP contribution is 2.24. The van der Waals surface area contributed by atoms with Crippen molar-refractivity contribution in [3.63, 3.8) is 0 Å². The van der Waals surface area contributed by atoms with Gasteiger partial charge in [0, 0.05) is 12.6 Å². The molecule has 2 amide bonds. The Morgan fingerprint density at radius 3 is 2.55 bits per heavy atom. The van der Waals surface area contributed by atoms with Gasteiger partial charge in [0.15, 0.2) is 0 Å². The first-order valence-electron chi connectivity index (χ1n) is 5.33. The molecule has 1 heterocycles. The van der Waals surface area contributed by atoms with Crippen LogP contribution in [0, 0.1) is 0 Å². The molecular weight excluding hydrogens is 323 g/mol. The van der Waals surface area contributed by atoms with Gasteiger partial charge in [0.25, 0.3) is 11.8 Å². The molecule has 6 nitrogen and oxygen atoms in total. The molecule has 0 aliphatic rings. The highest BCUT2D eigenvalue weighted by molar-refractivity contribution is 7.17. The standard InChI is InChI=1S/C11H8Cl2N4O2S/c1-14-8(18)5-2-3-6(12)7(4-5)15-9(19)10-16-17-11(13)20-10/h2-4H,1H3,(H,14,18)(H,15,19). The van der Waals surface area contributed by atoms with Gasteiger partial charge in [0.05, 0.1) is 10.7 Å². The quantitative estimate of drug-likeness (QED) is 0.905. The Balaban J connectivity index is 2.24. The first-order chi connectivity index (χ1) is 9.51. The molecule has 2 rings (SSSR count). The predicted octanol–water partition coefficient (Wildman–Crippen LogP) is 2.46.